The maximum Gasteiger partial charge on any atom is 0.289 e. The van der Waals surface area contributed by atoms with Crippen molar-refractivity contribution in [1.29, 1.82) is 0 Å². The summed E-state index contributed by atoms with van der Waals surface area (Å²) in [5.74, 6) is 0.111. The zero-order valence-electron chi connectivity index (χ0n) is 15.4. The van der Waals surface area contributed by atoms with Gasteiger partial charge < -0.3 is 9.32 Å². The first-order valence-corrected chi connectivity index (χ1v) is 10.6. The number of carbonyl (C=O) groups excluding carboxylic acids is 1. The number of likely N-dealkylation sites (tertiary alicyclic amines) is 1. The molecule has 1 amide bonds. The fourth-order valence-electron chi connectivity index (χ4n) is 3.61. The number of nitrogens with zero attached hydrogens (tertiary/aromatic N) is 1. The minimum Gasteiger partial charge on any atom is -0.449 e. The van der Waals surface area contributed by atoms with E-state index in [4.69, 9.17) is 4.42 Å². The van der Waals surface area contributed by atoms with Gasteiger partial charge in [-0.05, 0) is 63.6 Å². The quantitative estimate of drug-likeness (QED) is 0.889. The molecule has 1 N–H and O–H groups in total. The predicted octanol–water partition coefficient (Wildman–Crippen LogP) is 3.03. The minimum atomic E-state index is -3.69. The van der Waals surface area contributed by atoms with Gasteiger partial charge in [-0.25, -0.2) is 13.1 Å². The number of fused-ring (bicyclic) bond motifs is 1. The van der Waals surface area contributed by atoms with Crippen molar-refractivity contribution in [2.75, 3.05) is 13.1 Å². The summed E-state index contributed by atoms with van der Waals surface area (Å²) in [6.45, 7) is 6.95. The predicted molar refractivity (Wildman–Crippen MR) is 98.9 cm³/mol. The van der Waals surface area contributed by atoms with Crippen molar-refractivity contribution in [1.82, 2.24) is 9.62 Å². The van der Waals surface area contributed by atoms with E-state index < -0.39 is 10.0 Å². The average Bonchev–Trinajstić information content (AvgIpc) is 3.09. The molecule has 4 rings (SSSR count). The van der Waals surface area contributed by atoms with Crippen molar-refractivity contribution in [3.8, 4) is 0 Å². The van der Waals surface area contributed by atoms with E-state index in [1.807, 2.05) is 19.9 Å². The monoisotopic (exact) mass is 376 g/mol. The molecule has 1 aliphatic heterocycles. The lowest BCUT2D eigenvalue weighted by atomic mass is 10.0. The number of furan rings is 1. The third-order valence-electron chi connectivity index (χ3n) is 5.45. The van der Waals surface area contributed by atoms with Gasteiger partial charge in [0.05, 0.1) is 0 Å². The Hall–Kier alpha value is -1.86. The number of rotatable bonds is 4. The normalized spacial score (nSPS) is 18.0. The van der Waals surface area contributed by atoms with Crippen LogP contribution in [-0.4, -0.2) is 38.4 Å². The second-order valence-corrected chi connectivity index (χ2v) is 9.13. The molecule has 140 valence electrons. The number of carbonyl (C=O) groups is 1. The minimum absolute atomic E-state index is 0.0109. The largest absolute Gasteiger partial charge is 0.449 e. The lowest BCUT2D eigenvalue weighted by Crippen LogP contribution is -2.27. The highest BCUT2D eigenvalue weighted by Crippen LogP contribution is 2.36. The summed E-state index contributed by atoms with van der Waals surface area (Å²) in [5.41, 5.74) is 2.54. The molecule has 2 heterocycles. The van der Waals surface area contributed by atoms with Gasteiger partial charge in [0.25, 0.3) is 5.91 Å². The standard InChI is InChI=1S/C19H24N2O4S/c1-11-10-15-13(3)16(19(22)21-8-4-5-9-21)25-17(15)18(12(11)2)26(23,24)20-14-6-7-14/h10,14,20H,4-9H2,1-3H3. The number of aryl methyl sites for hydroxylation is 2. The van der Waals surface area contributed by atoms with Gasteiger partial charge in [0, 0.05) is 30.1 Å². The van der Waals surface area contributed by atoms with Gasteiger partial charge in [-0.15, -0.1) is 0 Å². The number of hydrogen-bond donors (Lipinski definition) is 1. The van der Waals surface area contributed by atoms with Crippen LogP contribution in [0.1, 0.15) is 52.9 Å². The summed E-state index contributed by atoms with van der Waals surface area (Å²) in [4.78, 5) is 14.8. The summed E-state index contributed by atoms with van der Waals surface area (Å²) >= 11 is 0. The highest BCUT2D eigenvalue weighted by Gasteiger charge is 2.33. The summed E-state index contributed by atoms with van der Waals surface area (Å²) < 4.78 is 34.6. The van der Waals surface area contributed by atoms with Crippen molar-refractivity contribution < 1.29 is 17.6 Å². The van der Waals surface area contributed by atoms with Gasteiger partial charge in [0.1, 0.15) is 4.90 Å². The molecule has 26 heavy (non-hydrogen) atoms. The van der Waals surface area contributed by atoms with E-state index in [2.05, 4.69) is 4.72 Å². The Morgan fingerprint density at radius 1 is 1.15 bits per heavy atom. The summed E-state index contributed by atoms with van der Waals surface area (Å²) in [7, 11) is -3.69. The van der Waals surface area contributed by atoms with Crippen LogP contribution < -0.4 is 4.72 Å². The van der Waals surface area contributed by atoms with Gasteiger partial charge in [-0.1, -0.05) is 0 Å². The first-order chi connectivity index (χ1) is 12.3. The summed E-state index contributed by atoms with van der Waals surface area (Å²) in [6, 6.07) is 1.93. The molecule has 1 aliphatic carbocycles. The van der Waals surface area contributed by atoms with E-state index in [1.54, 1.807) is 11.8 Å². The molecule has 1 aromatic carbocycles. The van der Waals surface area contributed by atoms with Crippen molar-refractivity contribution in [3.63, 3.8) is 0 Å². The maximum atomic E-state index is 12.9. The zero-order chi connectivity index (χ0) is 18.6. The van der Waals surface area contributed by atoms with Crippen LogP contribution in [0.4, 0.5) is 0 Å². The number of nitrogens with one attached hydrogen (secondary N) is 1. The highest BCUT2D eigenvalue weighted by atomic mass is 32.2. The van der Waals surface area contributed by atoms with E-state index in [1.165, 1.54) is 0 Å². The summed E-state index contributed by atoms with van der Waals surface area (Å²) in [6.07, 6.45) is 3.72. The molecule has 0 radical (unpaired) electrons. The van der Waals surface area contributed by atoms with Crippen molar-refractivity contribution in [2.45, 2.75) is 57.4 Å². The average molecular weight is 376 g/mol. The molecular weight excluding hydrogens is 352 g/mol. The van der Waals surface area contributed by atoms with Gasteiger partial charge >= 0.3 is 0 Å². The molecule has 2 aliphatic rings. The Morgan fingerprint density at radius 3 is 2.42 bits per heavy atom. The maximum absolute atomic E-state index is 12.9. The van der Waals surface area contributed by atoms with Crippen LogP contribution in [0, 0.1) is 20.8 Å². The lowest BCUT2D eigenvalue weighted by Gasteiger charge is -2.13. The smallest absolute Gasteiger partial charge is 0.289 e. The third kappa shape index (κ3) is 2.83. The van der Waals surface area contributed by atoms with Crippen molar-refractivity contribution >= 4 is 26.9 Å². The van der Waals surface area contributed by atoms with Crippen LogP contribution in [-0.2, 0) is 10.0 Å². The van der Waals surface area contributed by atoms with Crippen LogP contribution in [0.25, 0.3) is 11.0 Å². The van der Waals surface area contributed by atoms with E-state index in [0.717, 1.165) is 44.3 Å². The van der Waals surface area contributed by atoms with Crippen LogP contribution in [0.15, 0.2) is 15.4 Å². The molecule has 1 saturated carbocycles. The van der Waals surface area contributed by atoms with E-state index >= 15 is 0 Å². The Morgan fingerprint density at radius 2 is 1.81 bits per heavy atom. The number of hydrogen-bond acceptors (Lipinski definition) is 4. The molecule has 0 unspecified atom stereocenters. The summed E-state index contributed by atoms with van der Waals surface area (Å²) in [5, 5.41) is 0.701. The highest BCUT2D eigenvalue weighted by molar-refractivity contribution is 7.89. The topological polar surface area (TPSA) is 79.6 Å². The van der Waals surface area contributed by atoms with Crippen LogP contribution in [0.5, 0.6) is 0 Å². The molecule has 1 saturated heterocycles. The van der Waals surface area contributed by atoms with E-state index in [-0.39, 0.29) is 22.6 Å². The Labute approximate surface area is 153 Å². The first kappa shape index (κ1) is 17.5. The Balaban J connectivity index is 1.89. The first-order valence-electron chi connectivity index (χ1n) is 9.14. The fourth-order valence-corrected chi connectivity index (χ4v) is 5.37. The van der Waals surface area contributed by atoms with Crippen LogP contribution in [0.2, 0.25) is 0 Å². The van der Waals surface area contributed by atoms with Gasteiger partial charge in [0.2, 0.25) is 10.0 Å². The molecule has 0 bridgehead atoms. The molecule has 2 fully saturated rings. The lowest BCUT2D eigenvalue weighted by molar-refractivity contribution is 0.0762. The molecule has 2 aromatic rings. The van der Waals surface area contributed by atoms with Crippen molar-refractivity contribution in [2.24, 2.45) is 0 Å². The SMILES string of the molecule is Cc1cc2c(C)c(C(=O)N3CCCC3)oc2c(S(=O)(=O)NC2CC2)c1C. The van der Waals surface area contributed by atoms with Gasteiger partial charge in [-0.3, -0.25) is 4.79 Å². The second-order valence-electron chi connectivity index (χ2n) is 7.48. The van der Waals surface area contributed by atoms with E-state index in [0.29, 0.717) is 22.1 Å². The van der Waals surface area contributed by atoms with Crippen LogP contribution >= 0.6 is 0 Å². The molecule has 0 spiro atoms. The molecule has 6 nitrogen and oxygen atoms in total. The molecule has 1 aromatic heterocycles. The third-order valence-corrected chi connectivity index (χ3v) is 7.12. The molecular formula is C19H24N2O4S. The Kier molecular flexibility index (Phi) is 4.11. The fraction of sp³-hybridized carbons (Fsp3) is 0.526. The second kappa shape index (κ2) is 6.09. The van der Waals surface area contributed by atoms with Crippen LogP contribution in [0.3, 0.4) is 0 Å². The van der Waals surface area contributed by atoms with Gasteiger partial charge in [-0.2, -0.15) is 0 Å². The van der Waals surface area contributed by atoms with E-state index in [9.17, 15) is 13.2 Å². The van der Waals surface area contributed by atoms with Gasteiger partial charge in [0.15, 0.2) is 11.3 Å². The number of sulfonamides is 1. The zero-order valence-corrected chi connectivity index (χ0v) is 16.2. The number of amides is 1. The number of benzene rings is 1. The molecule has 0 atom stereocenters. The van der Waals surface area contributed by atoms with Crippen molar-refractivity contribution in [3.05, 3.63) is 28.5 Å². The molecule has 7 heteroatoms. The Bertz CT molecular complexity index is 996.